The molecule has 1 N–H and O–H groups in total. The number of amides is 1. The number of allylic oxidation sites excluding steroid dienone is 3. The zero-order valence-electron chi connectivity index (χ0n) is 20.7. The first kappa shape index (κ1) is 24.8. The topological polar surface area (TPSA) is 75.7 Å². The Morgan fingerprint density at radius 1 is 1.06 bits per heavy atom. The summed E-state index contributed by atoms with van der Waals surface area (Å²) < 4.78 is 33.5. The fourth-order valence-corrected chi connectivity index (χ4v) is 5.81. The van der Waals surface area contributed by atoms with E-state index in [1.165, 1.54) is 4.31 Å². The summed E-state index contributed by atoms with van der Waals surface area (Å²) in [7, 11) is -1.89. The second-order valence-electron chi connectivity index (χ2n) is 9.22. The van der Waals surface area contributed by atoms with Crippen molar-refractivity contribution < 1.29 is 17.9 Å². The summed E-state index contributed by atoms with van der Waals surface area (Å²) in [6.45, 7) is 6.17. The number of ether oxygens (including phenoxy) is 1. The van der Waals surface area contributed by atoms with E-state index < -0.39 is 10.0 Å². The largest absolute Gasteiger partial charge is 0.495 e. The number of aryl methyl sites for hydroxylation is 3. The zero-order chi connectivity index (χ0) is 25.2. The molecule has 0 unspecified atom stereocenters. The third-order valence-electron chi connectivity index (χ3n) is 6.42. The average Bonchev–Trinajstić information content (AvgIpc) is 3.67. The molecule has 0 radical (unpaired) electrons. The third kappa shape index (κ3) is 5.68. The number of sulfonamides is 1. The van der Waals surface area contributed by atoms with Crippen LogP contribution < -0.4 is 14.4 Å². The molecule has 0 atom stereocenters. The van der Waals surface area contributed by atoms with Gasteiger partial charge in [-0.25, -0.2) is 8.42 Å². The molecule has 1 saturated carbocycles. The normalized spacial score (nSPS) is 15.7. The average molecular weight is 493 g/mol. The molecule has 0 heterocycles. The molecule has 2 aromatic rings. The van der Waals surface area contributed by atoms with E-state index in [-0.39, 0.29) is 17.7 Å². The van der Waals surface area contributed by atoms with Crippen LogP contribution in [0.2, 0.25) is 0 Å². The standard InChI is InChI=1S/C28H32N2O4S/c1-19-8-15-27(34-4)26(16-19)29-28(31)23-7-5-6-22(10-11-23)18-30(35(32,33)25-13-14-25)24-12-9-20(2)21(3)17-24/h5-6,8-12,15-17,25H,7,13-14,18H2,1-4H3,(H,29,31). The molecule has 2 aliphatic carbocycles. The van der Waals surface area contributed by atoms with Crippen molar-refractivity contribution in [1.29, 1.82) is 0 Å². The number of benzene rings is 2. The molecule has 7 heteroatoms. The van der Waals surface area contributed by atoms with Crippen LogP contribution in [0.4, 0.5) is 11.4 Å². The van der Waals surface area contributed by atoms with Crippen molar-refractivity contribution in [3.05, 3.63) is 88.5 Å². The van der Waals surface area contributed by atoms with Crippen LogP contribution in [0.1, 0.15) is 36.0 Å². The lowest BCUT2D eigenvalue weighted by atomic mass is 10.1. The lowest BCUT2D eigenvalue weighted by Crippen LogP contribution is -2.35. The van der Waals surface area contributed by atoms with Gasteiger partial charge in [0.05, 0.1) is 30.3 Å². The van der Waals surface area contributed by atoms with Crippen LogP contribution in [0.3, 0.4) is 0 Å². The maximum Gasteiger partial charge on any atom is 0.252 e. The minimum Gasteiger partial charge on any atom is -0.495 e. The predicted octanol–water partition coefficient (Wildman–Crippen LogP) is 5.37. The van der Waals surface area contributed by atoms with Crippen LogP contribution in [-0.2, 0) is 14.8 Å². The Bertz CT molecular complexity index is 1330. The van der Waals surface area contributed by atoms with Crippen LogP contribution in [0.15, 0.2) is 71.8 Å². The number of methoxy groups -OCH3 is 1. The molecule has 1 fully saturated rings. The number of hydrogen-bond acceptors (Lipinski definition) is 4. The Balaban J connectivity index is 1.58. The van der Waals surface area contributed by atoms with Crippen molar-refractivity contribution in [2.24, 2.45) is 0 Å². The Morgan fingerprint density at radius 3 is 2.51 bits per heavy atom. The summed E-state index contributed by atoms with van der Waals surface area (Å²) >= 11 is 0. The molecule has 2 aliphatic rings. The summed E-state index contributed by atoms with van der Waals surface area (Å²) in [6.07, 6.45) is 9.26. The minimum absolute atomic E-state index is 0.215. The Labute approximate surface area is 208 Å². The van der Waals surface area contributed by atoms with Crippen molar-refractivity contribution in [2.45, 2.75) is 45.3 Å². The highest BCUT2D eigenvalue weighted by molar-refractivity contribution is 7.93. The van der Waals surface area contributed by atoms with Gasteiger partial charge < -0.3 is 10.1 Å². The summed E-state index contributed by atoms with van der Waals surface area (Å²) in [4.78, 5) is 13.0. The van der Waals surface area contributed by atoms with E-state index >= 15 is 0 Å². The number of rotatable bonds is 8. The van der Waals surface area contributed by atoms with Crippen molar-refractivity contribution in [2.75, 3.05) is 23.3 Å². The van der Waals surface area contributed by atoms with Gasteiger partial charge in [-0.15, -0.1) is 0 Å². The van der Waals surface area contributed by atoms with Crippen molar-refractivity contribution in [3.8, 4) is 5.75 Å². The lowest BCUT2D eigenvalue weighted by molar-refractivity contribution is -0.112. The van der Waals surface area contributed by atoms with Gasteiger partial charge in [-0.1, -0.05) is 36.4 Å². The molecule has 0 bridgehead atoms. The van der Waals surface area contributed by atoms with Gasteiger partial charge in [0.2, 0.25) is 10.0 Å². The molecule has 0 aliphatic heterocycles. The maximum absolute atomic E-state index is 13.3. The third-order valence-corrected chi connectivity index (χ3v) is 8.69. The lowest BCUT2D eigenvalue weighted by Gasteiger charge is -2.25. The van der Waals surface area contributed by atoms with Gasteiger partial charge in [-0.2, -0.15) is 0 Å². The zero-order valence-corrected chi connectivity index (χ0v) is 21.5. The van der Waals surface area contributed by atoms with Gasteiger partial charge in [0, 0.05) is 5.57 Å². The van der Waals surface area contributed by atoms with Crippen LogP contribution in [0, 0.1) is 20.8 Å². The van der Waals surface area contributed by atoms with E-state index in [0.29, 0.717) is 42.0 Å². The summed E-state index contributed by atoms with van der Waals surface area (Å²) in [6, 6.07) is 11.4. The highest BCUT2D eigenvalue weighted by atomic mass is 32.2. The Kier molecular flexibility index (Phi) is 7.17. The molecule has 35 heavy (non-hydrogen) atoms. The van der Waals surface area contributed by atoms with E-state index in [0.717, 1.165) is 22.3 Å². The van der Waals surface area contributed by atoms with Crippen LogP contribution in [0.25, 0.3) is 0 Å². The fraction of sp³-hybridized carbons (Fsp3) is 0.321. The van der Waals surface area contributed by atoms with Gasteiger partial charge in [-0.3, -0.25) is 9.10 Å². The summed E-state index contributed by atoms with van der Waals surface area (Å²) in [5.41, 5.74) is 5.89. The molecule has 0 aromatic heterocycles. The number of nitrogens with one attached hydrogen (secondary N) is 1. The molecule has 2 aromatic carbocycles. The SMILES string of the molecule is COc1ccc(C)cc1NC(=O)C1=CC=C(CN(c2ccc(C)c(C)c2)S(=O)(=O)C2CC2)C=CC1. The molecule has 1 amide bonds. The van der Waals surface area contributed by atoms with E-state index in [4.69, 9.17) is 4.74 Å². The van der Waals surface area contributed by atoms with Crippen LogP contribution >= 0.6 is 0 Å². The molecule has 6 nitrogen and oxygen atoms in total. The Morgan fingerprint density at radius 2 is 1.83 bits per heavy atom. The number of carbonyl (C=O) groups excluding carboxylic acids is 1. The molecular weight excluding hydrogens is 460 g/mol. The highest BCUT2D eigenvalue weighted by Crippen LogP contribution is 2.35. The first-order chi connectivity index (χ1) is 16.7. The summed E-state index contributed by atoms with van der Waals surface area (Å²) in [5, 5.41) is 2.62. The molecule has 184 valence electrons. The van der Waals surface area contributed by atoms with Crippen molar-refractivity contribution >= 4 is 27.3 Å². The first-order valence-electron chi connectivity index (χ1n) is 11.8. The van der Waals surface area contributed by atoms with Gasteiger partial charge in [0.25, 0.3) is 5.91 Å². The van der Waals surface area contributed by atoms with Gasteiger partial charge in [0.15, 0.2) is 0 Å². The number of nitrogens with zero attached hydrogens (tertiary/aromatic N) is 1. The van der Waals surface area contributed by atoms with E-state index in [1.807, 2.05) is 75.4 Å². The number of carbonyl (C=O) groups is 1. The number of anilines is 2. The smallest absolute Gasteiger partial charge is 0.252 e. The van der Waals surface area contributed by atoms with Crippen molar-refractivity contribution in [1.82, 2.24) is 0 Å². The second-order valence-corrected chi connectivity index (χ2v) is 11.4. The van der Waals surface area contributed by atoms with Gasteiger partial charge >= 0.3 is 0 Å². The van der Waals surface area contributed by atoms with Crippen molar-refractivity contribution in [3.63, 3.8) is 0 Å². The van der Waals surface area contributed by atoms with Gasteiger partial charge in [-0.05, 0) is 86.6 Å². The molecular formula is C28H32N2O4S. The van der Waals surface area contributed by atoms with Crippen LogP contribution in [-0.4, -0.2) is 33.2 Å². The van der Waals surface area contributed by atoms with Gasteiger partial charge in [0.1, 0.15) is 5.75 Å². The fourth-order valence-electron chi connectivity index (χ4n) is 3.98. The second kappa shape index (κ2) is 10.1. The Hall–Kier alpha value is -3.32. The van der Waals surface area contributed by atoms with E-state index in [2.05, 4.69) is 5.32 Å². The highest BCUT2D eigenvalue weighted by Gasteiger charge is 2.40. The minimum atomic E-state index is -3.46. The molecule has 4 rings (SSSR count). The van der Waals surface area contributed by atoms with Crippen LogP contribution in [0.5, 0.6) is 5.75 Å². The summed E-state index contributed by atoms with van der Waals surface area (Å²) in [5.74, 6) is 0.381. The monoisotopic (exact) mass is 492 g/mol. The first-order valence-corrected chi connectivity index (χ1v) is 13.3. The maximum atomic E-state index is 13.3. The van der Waals surface area contributed by atoms with E-state index in [9.17, 15) is 13.2 Å². The molecule has 0 saturated heterocycles. The van der Waals surface area contributed by atoms with E-state index in [1.54, 1.807) is 13.2 Å². The predicted molar refractivity (Wildman–Crippen MR) is 141 cm³/mol. The number of hydrogen-bond donors (Lipinski definition) is 1. The molecule has 0 spiro atoms. The quantitative estimate of drug-likeness (QED) is 0.538.